The Kier molecular flexibility index (Phi) is 6.34. The molecule has 0 aliphatic carbocycles. The van der Waals surface area contributed by atoms with E-state index >= 15 is 0 Å². The first kappa shape index (κ1) is 21.7. The van der Waals surface area contributed by atoms with Crippen molar-refractivity contribution in [1.82, 2.24) is 9.55 Å². The van der Waals surface area contributed by atoms with Crippen LogP contribution in [0.3, 0.4) is 0 Å². The Bertz CT molecular complexity index is 1160. The minimum Gasteiger partial charge on any atom is -0.494 e. The van der Waals surface area contributed by atoms with Crippen LogP contribution in [0.4, 0.5) is 4.39 Å². The lowest BCUT2D eigenvalue weighted by Gasteiger charge is -2.16. The first-order chi connectivity index (χ1) is 14.2. The number of hydrogen-bond acceptors (Lipinski definition) is 5. The molecule has 0 radical (unpaired) electrons. The van der Waals surface area contributed by atoms with Gasteiger partial charge in [0, 0.05) is 20.2 Å². The zero-order valence-corrected chi connectivity index (χ0v) is 18.5. The fraction of sp³-hybridized carbons (Fsp3) is 0.318. The van der Waals surface area contributed by atoms with E-state index < -0.39 is 8.07 Å². The summed E-state index contributed by atoms with van der Waals surface area (Å²) in [6, 6.07) is 10.5. The summed E-state index contributed by atoms with van der Waals surface area (Å²) in [5, 5.41) is 10.0. The van der Waals surface area contributed by atoms with Gasteiger partial charge in [0.05, 0.1) is 18.1 Å². The van der Waals surface area contributed by atoms with Gasteiger partial charge in [0.1, 0.15) is 36.2 Å². The second-order valence-electron chi connectivity index (χ2n) is 8.21. The molecule has 3 aromatic rings. The van der Waals surface area contributed by atoms with Crippen molar-refractivity contribution in [2.45, 2.75) is 32.4 Å². The van der Waals surface area contributed by atoms with Gasteiger partial charge in [-0.25, -0.2) is 9.37 Å². The number of rotatable bonds is 7. The summed E-state index contributed by atoms with van der Waals surface area (Å²) in [6.07, 6.45) is 1.40. The number of hydrogen-bond donors (Lipinski definition) is 0. The summed E-state index contributed by atoms with van der Waals surface area (Å²) >= 11 is 0. The third-order valence-corrected chi connectivity index (χ3v) is 6.48. The van der Waals surface area contributed by atoms with Gasteiger partial charge in [-0.2, -0.15) is 5.26 Å². The molecule has 0 bridgehead atoms. The van der Waals surface area contributed by atoms with Crippen molar-refractivity contribution in [3.63, 3.8) is 0 Å². The van der Waals surface area contributed by atoms with Gasteiger partial charge in [-0.05, 0) is 29.8 Å². The molecule has 0 saturated carbocycles. The molecule has 3 rings (SSSR count). The maximum absolute atomic E-state index is 13.4. The highest BCUT2D eigenvalue weighted by Crippen LogP contribution is 2.34. The molecule has 0 unspecified atom stereocenters. The number of aromatic nitrogens is 2. The quantitative estimate of drug-likeness (QED) is 0.414. The van der Waals surface area contributed by atoms with Crippen molar-refractivity contribution in [3.05, 3.63) is 58.4 Å². The maximum atomic E-state index is 13.4. The Morgan fingerprint density at radius 1 is 1.23 bits per heavy atom. The van der Waals surface area contributed by atoms with Crippen molar-refractivity contribution in [3.8, 4) is 22.9 Å². The molecule has 156 valence electrons. The molecular weight excluding hydrogens is 401 g/mol. The molecule has 1 heterocycles. The van der Waals surface area contributed by atoms with Crippen LogP contribution in [-0.2, 0) is 11.5 Å². The minimum absolute atomic E-state index is 0.0558. The zero-order chi connectivity index (χ0) is 21.9. The smallest absolute Gasteiger partial charge is 0.264 e. The van der Waals surface area contributed by atoms with E-state index in [2.05, 4.69) is 30.7 Å². The SMILES string of the molecule is COc1cc(-c2ccc(F)cc2)c(C#N)c2c(=O)n(COCC[Si](C)(C)C)cnc12. The summed E-state index contributed by atoms with van der Waals surface area (Å²) in [7, 11) is 0.231. The highest BCUT2D eigenvalue weighted by Gasteiger charge is 2.19. The first-order valence-corrected chi connectivity index (χ1v) is 13.3. The van der Waals surface area contributed by atoms with Crippen LogP contribution in [0.25, 0.3) is 22.0 Å². The summed E-state index contributed by atoms with van der Waals surface area (Å²) in [4.78, 5) is 17.5. The van der Waals surface area contributed by atoms with Gasteiger partial charge < -0.3 is 9.47 Å². The van der Waals surface area contributed by atoms with Crippen LogP contribution in [0, 0.1) is 17.1 Å². The number of halogens is 1. The van der Waals surface area contributed by atoms with Crippen LogP contribution in [0.5, 0.6) is 5.75 Å². The van der Waals surface area contributed by atoms with Gasteiger partial charge in [0.25, 0.3) is 5.56 Å². The predicted octanol–water partition coefficient (Wildman–Crippen LogP) is 4.40. The van der Waals surface area contributed by atoms with Crippen LogP contribution in [0.2, 0.25) is 25.7 Å². The predicted molar refractivity (Wildman–Crippen MR) is 117 cm³/mol. The van der Waals surface area contributed by atoms with Crippen molar-refractivity contribution < 1.29 is 13.9 Å². The van der Waals surface area contributed by atoms with Crippen LogP contribution in [0.1, 0.15) is 5.56 Å². The number of nitriles is 1. The summed E-state index contributed by atoms with van der Waals surface area (Å²) in [6.45, 7) is 7.37. The number of nitrogens with zero attached hydrogens (tertiary/aromatic N) is 3. The number of ether oxygens (including phenoxy) is 2. The largest absolute Gasteiger partial charge is 0.494 e. The van der Waals surface area contributed by atoms with Crippen LogP contribution in [0.15, 0.2) is 41.5 Å². The van der Waals surface area contributed by atoms with Gasteiger partial charge in [0.2, 0.25) is 0 Å². The van der Waals surface area contributed by atoms with E-state index in [1.165, 1.54) is 30.1 Å². The monoisotopic (exact) mass is 425 g/mol. The molecule has 30 heavy (non-hydrogen) atoms. The molecule has 0 aliphatic rings. The van der Waals surface area contributed by atoms with Crippen LogP contribution < -0.4 is 10.3 Å². The average Bonchev–Trinajstić information content (AvgIpc) is 2.71. The molecule has 2 aromatic carbocycles. The molecule has 1 aromatic heterocycles. The van der Waals surface area contributed by atoms with Gasteiger partial charge in [0.15, 0.2) is 0 Å². The number of methoxy groups -OCH3 is 1. The third-order valence-electron chi connectivity index (χ3n) is 4.78. The lowest BCUT2D eigenvalue weighted by atomic mass is 9.96. The van der Waals surface area contributed by atoms with Crippen molar-refractivity contribution in [2.75, 3.05) is 13.7 Å². The van der Waals surface area contributed by atoms with Gasteiger partial charge >= 0.3 is 0 Å². The Hall–Kier alpha value is -3.02. The van der Waals surface area contributed by atoms with E-state index in [-0.39, 0.29) is 29.1 Å². The zero-order valence-electron chi connectivity index (χ0n) is 17.5. The number of fused-ring (bicyclic) bond motifs is 1. The maximum Gasteiger partial charge on any atom is 0.264 e. The molecule has 0 N–H and O–H groups in total. The molecule has 0 atom stereocenters. The molecular formula is C22H24FN3O3Si. The van der Waals surface area contributed by atoms with Crippen LogP contribution >= 0.6 is 0 Å². The minimum atomic E-state index is -1.24. The van der Waals surface area contributed by atoms with Crippen LogP contribution in [-0.4, -0.2) is 31.3 Å². The fourth-order valence-corrected chi connectivity index (χ4v) is 3.83. The Morgan fingerprint density at radius 2 is 1.93 bits per heavy atom. The van der Waals surface area contributed by atoms with E-state index in [1.807, 2.05) is 0 Å². The van der Waals surface area contributed by atoms with Gasteiger partial charge in [-0.1, -0.05) is 31.8 Å². The Balaban J connectivity index is 2.10. The molecule has 0 fully saturated rings. The Labute approximate surface area is 175 Å². The van der Waals surface area contributed by atoms with Crippen molar-refractivity contribution in [2.24, 2.45) is 0 Å². The van der Waals surface area contributed by atoms with Gasteiger partial charge in [-0.15, -0.1) is 0 Å². The van der Waals surface area contributed by atoms with Crippen molar-refractivity contribution in [1.29, 1.82) is 5.26 Å². The van der Waals surface area contributed by atoms with E-state index in [0.29, 0.717) is 29.0 Å². The average molecular weight is 426 g/mol. The van der Waals surface area contributed by atoms with E-state index in [9.17, 15) is 14.4 Å². The van der Waals surface area contributed by atoms with E-state index in [4.69, 9.17) is 9.47 Å². The van der Waals surface area contributed by atoms with Gasteiger partial charge in [-0.3, -0.25) is 9.36 Å². The topological polar surface area (TPSA) is 77.1 Å². The highest BCUT2D eigenvalue weighted by molar-refractivity contribution is 6.76. The Morgan fingerprint density at radius 3 is 2.53 bits per heavy atom. The second-order valence-corrected chi connectivity index (χ2v) is 13.8. The lowest BCUT2D eigenvalue weighted by Crippen LogP contribution is -2.25. The first-order valence-electron chi connectivity index (χ1n) is 9.59. The van der Waals surface area contributed by atoms with E-state index in [1.54, 1.807) is 18.2 Å². The molecule has 6 nitrogen and oxygen atoms in total. The lowest BCUT2D eigenvalue weighted by molar-refractivity contribution is 0.0844. The summed E-state index contributed by atoms with van der Waals surface area (Å²) in [5.74, 6) is -0.0169. The molecule has 0 spiro atoms. The standard InChI is InChI=1S/C22H24FN3O3Si/c1-28-19-11-17(15-5-7-16(23)8-6-15)18(12-24)20-21(19)25-13-26(22(20)27)14-29-9-10-30(2,3)4/h5-8,11,13H,9-10,14H2,1-4H3. The normalized spacial score (nSPS) is 11.5. The van der Waals surface area contributed by atoms with E-state index in [0.717, 1.165) is 6.04 Å². The fourth-order valence-electron chi connectivity index (χ4n) is 3.07. The van der Waals surface area contributed by atoms with Crippen molar-refractivity contribution >= 4 is 19.0 Å². The molecule has 8 heteroatoms. The molecule has 0 amide bonds. The third kappa shape index (κ3) is 4.58. The highest BCUT2D eigenvalue weighted by atomic mass is 28.3. The molecule has 0 saturated heterocycles. The number of benzene rings is 2. The second kappa shape index (κ2) is 8.77. The summed E-state index contributed by atoms with van der Waals surface area (Å²) < 4.78 is 25.8. The summed E-state index contributed by atoms with van der Waals surface area (Å²) in [5.41, 5.74) is 1.19. The molecule has 0 aliphatic heterocycles.